The molecule has 5 nitrogen and oxygen atoms in total. The highest BCUT2D eigenvalue weighted by molar-refractivity contribution is 5.82. The number of carbonyl (C=O) groups excluding carboxylic acids is 1. The lowest BCUT2D eigenvalue weighted by molar-refractivity contribution is -0.144. The average molecular weight is 273 g/mol. The van der Waals surface area contributed by atoms with Gasteiger partial charge in [0.25, 0.3) is 0 Å². The van der Waals surface area contributed by atoms with E-state index in [1.54, 1.807) is 13.0 Å². The Morgan fingerprint density at radius 1 is 1.60 bits per heavy atom. The molecule has 1 atom stereocenters. The minimum Gasteiger partial charge on any atom is -0.464 e. The van der Waals surface area contributed by atoms with Crippen LogP contribution in [0.1, 0.15) is 18.1 Å². The Labute approximate surface area is 119 Å². The van der Waals surface area contributed by atoms with Crippen molar-refractivity contribution >= 4 is 11.7 Å². The van der Waals surface area contributed by atoms with Gasteiger partial charge >= 0.3 is 5.97 Å². The molecule has 1 unspecified atom stereocenters. The molecule has 1 N–H and O–H groups in total. The molecule has 0 saturated carbocycles. The predicted octanol–water partition coefficient (Wildman–Crippen LogP) is 1.21. The van der Waals surface area contributed by atoms with Gasteiger partial charge in [0.2, 0.25) is 0 Å². The van der Waals surface area contributed by atoms with E-state index in [4.69, 9.17) is 4.74 Å². The van der Waals surface area contributed by atoms with Crippen LogP contribution in [-0.4, -0.2) is 38.3 Å². The first kappa shape index (κ1) is 14.4. The van der Waals surface area contributed by atoms with Crippen molar-refractivity contribution in [3.63, 3.8) is 0 Å². The number of esters is 1. The van der Waals surface area contributed by atoms with Crippen LogP contribution in [-0.2, 0) is 9.53 Å². The number of aryl methyl sites for hydroxylation is 1. The maximum atomic E-state index is 12.1. The number of nitrogens with one attached hydrogen (secondary N) is 1. The molecule has 0 spiro atoms. The Morgan fingerprint density at radius 2 is 2.40 bits per heavy atom. The molecule has 2 rings (SSSR count). The molecule has 1 aromatic rings. The molecule has 1 aromatic carbocycles. The number of benzene rings is 1. The van der Waals surface area contributed by atoms with E-state index >= 15 is 0 Å². The van der Waals surface area contributed by atoms with Crippen molar-refractivity contribution in [3.05, 3.63) is 29.3 Å². The van der Waals surface area contributed by atoms with Gasteiger partial charge < -0.3 is 15.0 Å². The van der Waals surface area contributed by atoms with Gasteiger partial charge in [0, 0.05) is 19.6 Å². The van der Waals surface area contributed by atoms with Crippen molar-refractivity contribution in [1.82, 2.24) is 5.32 Å². The number of nitriles is 1. The van der Waals surface area contributed by atoms with Gasteiger partial charge in [-0.05, 0) is 31.5 Å². The van der Waals surface area contributed by atoms with E-state index in [-0.39, 0.29) is 12.0 Å². The normalized spacial score (nSPS) is 18.4. The highest BCUT2D eigenvalue weighted by atomic mass is 16.5. The summed E-state index contributed by atoms with van der Waals surface area (Å²) in [5, 5.41) is 12.5. The van der Waals surface area contributed by atoms with E-state index in [0.717, 1.165) is 17.8 Å². The summed E-state index contributed by atoms with van der Waals surface area (Å²) in [7, 11) is 0. The topological polar surface area (TPSA) is 65.4 Å². The molecule has 1 saturated heterocycles. The van der Waals surface area contributed by atoms with E-state index in [9.17, 15) is 10.1 Å². The van der Waals surface area contributed by atoms with Crippen molar-refractivity contribution in [2.75, 3.05) is 31.1 Å². The maximum absolute atomic E-state index is 12.1. The standard InChI is InChI=1S/C15H19N3O2/c1-3-20-15(19)14-10-17-6-7-18(14)13-8-11(2)4-5-12(13)9-16/h4-5,8,14,17H,3,6-7,10H2,1-2H3. The van der Waals surface area contributed by atoms with Gasteiger partial charge in [-0.25, -0.2) is 4.79 Å². The number of anilines is 1. The largest absolute Gasteiger partial charge is 0.464 e. The average Bonchev–Trinajstić information content (AvgIpc) is 2.47. The third-order valence-corrected chi connectivity index (χ3v) is 3.39. The van der Waals surface area contributed by atoms with Crippen LogP contribution in [0.2, 0.25) is 0 Å². The summed E-state index contributed by atoms with van der Waals surface area (Å²) in [4.78, 5) is 14.1. The number of nitrogens with zero attached hydrogens (tertiary/aromatic N) is 2. The minimum atomic E-state index is -0.377. The Hall–Kier alpha value is -2.06. The van der Waals surface area contributed by atoms with Crippen LogP contribution in [0.15, 0.2) is 18.2 Å². The van der Waals surface area contributed by atoms with Crippen molar-refractivity contribution in [1.29, 1.82) is 5.26 Å². The summed E-state index contributed by atoms with van der Waals surface area (Å²) in [6.45, 7) is 6.15. The number of hydrogen-bond donors (Lipinski definition) is 1. The Kier molecular flexibility index (Phi) is 4.59. The molecular formula is C15H19N3O2. The number of piperazine rings is 1. The van der Waals surface area contributed by atoms with E-state index in [1.165, 1.54) is 0 Å². The summed E-state index contributed by atoms with van der Waals surface area (Å²) >= 11 is 0. The first-order chi connectivity index (χ1) is 9.67. The Balaban J connectivity index is 2.35. The molecule has 1 aliphatic rings. The molecule has 0 bridgehead atoms. The molecule has 1 aliphatic heterocycles. The van der Waals surface area contributed by atoms with E-state index in [1.807, 2.05) is 24.0 Å². The van der Waals surface area contributed by atoms with E-state index in [2.05, 4.69) is 11.4 Å². The van der Waals surface area contributed by atoms with Crippen LogP contribution in [0, 0.1) is 18.3 Å². The second-order valence-electron chi connectivity index (χ2n) is 4.80. The monoisotopic (exact) mass is 273 g/mol. The first-order valence-electron chi connectivity index (χ1n) is 6.82. The summed E-state index contributed by atoms with van der Waals surface area (Å²) in [6, 6.07) is 7.48. The highest BCUT2D eigenvalue weighted by Gasteiger charge is 2.31. The quantitative estimate of drug-likeness (QED) is 0.839. The smallest absolute Gasteiger partial charge is 0.330 e. The summed E-state index contributed by atoms with van der Waals surface area (Å²) in [5.41, 5.74) is 2.47. The van der Waals surface area contributed by atoms with Gasteiger partial charge in [0.15, 0.2) is 0 Å². The van der Waals surface area contributed by atoms with Crippen LogP contribution in [0.25, 0.3) is 0 Å². The lowest BCUT2D eigenvalue weighted by Gasteiger charge is -2.36. The van der Waals surface area contributed by atoms with Gasteiger partial charge in [0.1, 0.15) is 12.1 Å². The Bertz CT molecular complexity index is 536. The molecule has 0 amide bonds. The zero-order valence-electron chi connectivity index (χ0n) is 11.8. The van der Waals surface area contributed by atoms with Gasteiger partial charge in [-0.15, -0.1) is 0 Å². The highest BCUT2D eigenvalue weighted by Crippen LogP contribution is 2.25. The maximum Gasteiger partial charge on any atom is 0.330 e. The summed E-state index contributed by atoms with van der Waals surface area (Å²) in [5.74, 6) is -0.245. The number of carbonyl (C=O) groups is 1. The number of rotatable bonds is 3. The van der Waals surface area contributed by atoms with Gasteiger partial charge in [0.05, 0.1) is 17.9 Å². The molecule has 20 heavy (non-hydrogen) atoms. The fraction of sp³-hybridized carbons (Fsp3) is 0.467. The lowest BCUT2D eigenvalue weighted by Crippen LogP contribution is -2.55. The van der Waals surface area contributed by atoms with E-state index in [0.29, 0.717) is 25.3 Å². The fourth-order valence-electron chi connectivity index (χ4n) is 2.42. The number of hydrogen-bond acceptors (Lipinski definition) is 5. The van der Waals surface area contributed by atoms with Crippen molar-refractivity contribution in [2.24, 2.45) is 0 Å². The molecule has 0 radical (unpaired) electrons. The molecule has 5 heteroatoms. The van der Waals surface area contributed by atoms with Crippen LogP contribution < -0.4 is 10.2 Å². The van der Waals surface area contributed by atoms with Crippen LogP contribution in [0.5, 0.6) is 0 Å². The van der Waals surface area contributed by atoms with E-state index < -0.39 is 0 Å². The second kappa shape index (κ2) is 6.40. The summed E-state index contributed by atoms with van der Waals surface area (Å²) in [6.07, 6.45) is 0. The molecule has 106 valence electrons. The van der Waals surface area contributed by atoms with Gasteiger partial charge in [-0.1, -0.05) is 6.07 Å². The molecule has 1 heterocycles. The fourth-order valence-corrected chi connectivity index (χ4v) is 2.42. The van der Waals surface area contributed by atoms with Gasteiger partial charge in [-0.3, -0.25) is 0 Å². The molecular weight excluding hydrogens is 254 g/mol. The minimum absolute atomic E-state index is 0.245. The van der Waals surface area contributed by atoms with Crippen molar-refractivity contribution in [3.8, 4) is 6.07 Å². The molecule has 0 aliphatic carbocycles. The molecule has 1 fully saturated rings. The van der Waals surface area contributed by atoms with Crippen LogP contribution in [0.3, 0.4) is 0 Å². The van der Waals surface area contributed by atoms with Crippen LogP contribution >= 0.6 is 0 Å². The number of ether oxygens (including phenoxy) is 1. The first-order valence-corrected chi connectivity index (χ1v) is 6.82. The molecule has 0 aromatic heterocycles. The van der Waals surface area contributed by atoms with Crippen molar-refractivity contribution in [2.45, 2.75) is 19.9 Å². The summed E-state index contributed by atoms with van der Waals surface area (Å²) < 4.78 is 5.13. The SMILES string of the molecule is CCOC(=O)C1CNCCN1c1cc(C)ccc1C#N. The second-order valence-corrected chi connectivity index (χ2v) is 4.80. The van der Waals surface area contributed by atoms with Crippen molar-refractivity contribution < 1.29 is 9.53 Å². The third-order valence-electron chi connectivity index (χ3n) is 3.39. The zero-order chi connectivity index (χ0) is 14.5. The third kappa shape index (κ3) is 2.91. The van der Waals surface area contributed by atoms with Gasteiger partial charge in [-0.2, -0.15) is 5.26 Å². The zero-order valence-corrected chi connectivity index (χ0v) is 11.8. The van der Waals surface area contributed by atoms with Crippen LogP contribution in [0.4, 0.5) is 5.69 Å². The lowest BCUT2D eigenvalue weighted by atomic mass is 10.1. The Morgan fingerprint density at radius 3 is 3.10 bits per heavy atom. The predicted molar refractivity (Wildman–Crippen MR) is 76.5 cm³/mol.